The zero-order valence-corrected chi connectivity index (χ0v) is 10.6. The van der Waals surface area contributed by atoms with E-state index in [4.69, 9.17) is 10.5 Å². The lowest BCUT2D eigenvalue weighted by atomic mass is 9.99. The van der Waals surface area contributed by atoms with E-state index < -0.39 is 5.60 Å². The highest BCUT2D eigenvalue weighted by atomic mass is 16.5. The first-order valence-electron chi connectivity index (χ1n) is 6.17. The Hall–Kier alpha value is -1.06. The van der Waals surface area contributed by atoms with E-state index in [0.717, 1.165) is 24.2 Å². The second-order valence-corrected chi connectivity index (χ2v) is 5.14. The van der Waals surface area contributed by atoms with Crippen LogP contribution in [0.3, 0.4) is 0 Å². The Morgan fingerprint density at radius 3 is 2.65 bits per heavy atom. The third-order valence-corrected chi connectivity index (χ3v) is 3.50. The van der Waals surface area contributed by atoms with Gasteiger partial charge >= 0.3 is 0 Å². The number of hydrogen-bond donors (Lipinski definition) is 2. The van der Waals surface area contributed by atoms with Crippen molar-refractivity contribution in [3.63, 3.8) is 0 Å². The highest BCUT2D eigenvalue weighted by Crippen LogP contribution is 2.39. The van der Waals surface area contributed by atoms with Gasteiger partial charge in [-0.3, -0.25) is 0 Å². The third-order valence-electron chi connectivity index (χ3n) is 3.50. The minimum absolute atomic E-state index is 0.266. The molecule has 2 rings (SSSR count). The molecule has 0 heterocycles. The molecule has 3 N–H and O–H groups in total. The predicted molar refractivity (Wildman–Crippen MR) is 68.1 cm³/mol. The van der Waals surface area contributed by atoms with Crippen LogP contribution in [0.2, 0.25) is 0 Å². The summed E-state index contributed by atoms with van der Waals surface area (Å²) < 4.78 is 5.72. The molecule has 1 aromatic carbocycles. The maximum absolute atomic E-state index is 10.3. The van der Waals surface area contributed by atoms with Crippen LogP contribution in [0.15, 0.2) is 18.2 Å². The first-order chi connectivity index (χ1) is 8.05. The summed E-state index contributed by atoms with van der Waals surface area (Å²) in [5.41, 5.74) is 7.11. The van der Waals surface area contributed by atoms with E-state index in [2.05, 4.69) is 13.0 Å². The maximum Gasteiger partial charge on any atom is 0.122 e. The number of benzene rings is 1. The fraction of sp³-hybridized carbons (Fsp3) is 0.571. The van der Waals surface area contributed by atoms with E-state index in [0.29, 0.717) is 5.92 Å². The monoisotopic (exact) mass is 235 g/mol. The molecule has 0 radical (unpaired) electrons. The Balaban J connectivity index is 2.01. The molecule has 94 valence electrons. The summed E-state index contributed by atoms with van der Waals surface area (Å²) in [5, 5.41) is 10.3. The molecule has 3 nitrogen and oxygen atoms in total. The van der Waals surface area contributed by atoms with Crippen molar-refractivity contribution in [3.8, 4) is 5.75 Å². The van der Waals surface area contributed by atoms with Crippen LogP contribution in [0.5, 0.6) is 5.75 Å². The van der Waals surface area contributed by atoms with Crippen LogP contribution in [0.1, 0.15) is 24.0 Å². The summed E-state index contributed by atoms with van der Waals surface area (Å²) >= 11 is 0. The van der Waals surface area contributed by atoms with E-state index in [1.54, 1.807) is 0 Å². The lowest BCUT2D eigenvalue weighted by Gasteiger charge is -2.26. The first kappa shape index (κ1) is 12.4. The van der Waals surface area contributed by atoms with Crippen LogP contribution >= 0.6 is 0 Å². The summed E-state index contributed by atoms with van der Waals surface area (Å²) in [6.07, 6.45) is 2.12. The molecular weight excluding hydrogens is 214 g/mol. The number of hydrogen-bond acceptors (Lipinski definition) is 3. The zero-order valence-electron chi connectivity index (χ0n) is 10.6. The van der Waals surface area contributed by atoms with Gasteiger partial charge in [0.25, 0.3) is 0 Å². The van der Waals surface area contributed by atoms with Crippen LogP contribution in [0, 0.1) is 19.8 Å². The number of nitrogens with two attached hydrogens (primary N) is 1. The van der Waals surface area contributed by atoms with Gasteiger partial charge < -0.3 is 15.6 Å². The van der Waals surface area contributed by atoms with Crippen LogP contribution in [0.4, 0.5) is 0 Å². The normalized spacial score (nSPS) is 18.8. The van der Waals surface area contributed by atoms with Crippen molar-refractivity contribution < 1.29 is 9.84 Å². The van der Waals surface area contributed by atoms with Crippen molar-refractivity contribution in [3.05, 3.63) is 29.3 Å². The van der Waals surface area contributed by atoms with Crippen LogP contribution in [-0.2, 0) is 0 Å². The molecule has 0 aromatic heterocycles. The number of rotatable bonds is 5. The summed E-state index contributed by atoms with van der Waals surface area (Å²) in [6, 6.07) is 6.05. The van der Waals surface area contributed by atoms with Crippen molar-refractivity contribution in [2.75, 3.05) is 13.2 Å². The molecule has 0 bridgehead atoms. The SMILES string of the molecule is Cc1ccc(OCC(O)(CN)C2CC2)c(C)c1. The minimum atomic E-state index is -0.850. The minimum Gasteiger partial charge on any atom is -0.490 e. The molecule has 0 saturated heterocycles. The molecule has 17 heavy (non-hydrogen) atoms. The molecule has 1 atom stereocenters. The van der Waals surface area contributed by atoms with Gasteiger partial charge in [-0.2, -0.15) is 0 Å². The van der Waals surface area contributed by atoms with E-state index in [-0.39, 0.29) is 13.2 Å². The molecule has 1 aliphatic rings. The fourth-order valence-electron chi connectivity index (χ4n) is 2.13. The van der Waals surface area contributed by atoms with Gasteiger partial charge in [-0.25, -0.2) is 0 Å². The lowest BCUT2D eigenvalue weighted by molar-refractivity contribution is -0.0164. The zero-order chi connectivity index (χ0) is 12.5. The average Bonchev–Trinajstić information content (AvgIpc) is 3.11. The molecule has 1 fully saturated rings. The Morgan fingerprint density at radius 1 is 1.41 bits per heavy atom. The number of aliphatic hydroxyl groups is 1. The van der Waals surface area contributed by atoms with Gasteiger partial charge in [0.15, 0.2) is 0 Å². The molecule has 1 unspecified atom stereocenters. The molecule has 1 aromatic rings. The first-order valence-corrected chi connectivity index (χ1v) is 6.17. The quantitative estimate of drug-likeness (QED) is 0.818. The molecule has 1 saturated carbocycles. The van der Waals surface area contributed by atoms with Crippen molar-refractivity contribution >= 4 is 0 Å². The highest BCUT2D eigenvalue weighted by molar-refractivity contribution is 5.35. The Kier molecular flexibility index (Phi) is 3.40. The summed E-state index contributed by atoms with van der Waals surface area (Å²) in [7, 11) is 0. The number of aryl methyl sites for hydroxylation is 2. The third kappa shape index (κ3) is 2.79. The van der Waals surface area contributed by atoms with Crippen molar-refractivity contribution in [2.45, 2.75) is 32.3 Å². The van der Waals surface area contributed by atoms with Crippen molar-refractivity contribution in [2.24, 2.45) is 11.7 Å². The van der Waals surface area contributed by atoms with Gasteiger partial charge in [-0.15, -0.1) is 0 Å². The highest BCUT2D eigenvalue weighted by Gasteiger charge is 2.43. The van der Waals surface area contributed by atoms with Gasteiger partial charge in [0, 0.05) is 6.54 Å². The molecule has 0 aliphatic heterocycles. The van der Waals surface area contributed by atoms with Gasteiger partial charge in [-0.05, 0) is 44.2 Å². The van der Waals surface area contributed by atoms with Crippen molar-refractivity contribution in [1.82, 2.24) is 0 Å². The summed E-state index contributed by atoms with van der Waals surface area (Å²) in [5.74, 6) is 1.15. The van der Waals surface area contributed by atoms with Crippen LogP contribution in [-0.4, -0.2) is 23.9 Å². The Labute approximate surface area is 103 Å². The average molecular weight is 235 g/mol. The topological polar surface area (TPSA) is 55.5 Å². The molecule has 3 heteroatoms. The van der Waals surface area contributed by atoms with Crippen LogP contribution < -0.4 is 10.5 Å². The second-order valence-electron chi connectivity index (χ2n) is 5.14. The maximum atomic E-state index is 10.3. The van der Waals surface area contributed by atoms with Crippen LogP contribution in [0.25, 0.3) is 0 Å². The second kappa shape index (κ2) is 4.67. The van der Waals surface area contributed by atoms with Gasteiger partial charge in [0.2, 0.25) is 0 Å². The summed E-state index contributed by atoms with van der Waals surface area (Å²) in [6.45, 7) is 4.62. The summed E-state index contributed by atoms with van der Waals surface area (Å²) in [4.78, 5) is 0. The fourth-order valence-corrected chi connectivity index (χ4v) is 2.13. The lowest BCUT2D eigenvalue weighted by Crippen LogP contribution is -2.45. The van der Waals surface area contributed by atoms with E-state index in [9.17, 15) is 5.11 Å². The van der Waals surface area contributed by atoms with Gasteiger partial charge in [0.05, 0.1) is 0 Å². The smallest absolute Gasteiger partial charge is 0.122 e. The van der Waals surface area contributed by atoms with E-state index in [1.165, 1.54) is 5.56 Å². The molecule has 0 spiro atoms. The predicted octanol–water partition coefficient (Wildman–Crippen LogP) is 1.78. The molecular formula is C14H21NO2. The van der Waals surface area contributed by atoms with E-state index in [1.807, 2.05) is 19.1 Å². The standard InChI is InChI=1S/C14H21NO2/c1-10-3-6-13(11(2)7-10)17-9-14(16,8-15)12-4-5-12/h3,6-7,12,16H,4-5,8-9,15H2,1-2H3. The Morgan fingerprint density at radius 2 is 2.12 bits per heavy atom. The Bertz CT molecular complexity index is 401. The van der Waals surface area contributed by atoms with Gasteiger partial charge in [0.1, 0.15) is 18.0 Å². The molecule has 0 amide bonds. The van der Waals surface area contributed by atoms with Crippen molar-refractivity contribution in [1.29, 1.82) is 0 Å². The number of ether oxygens (including phenoxy) is 1. The van der Waals surface area contributed by atoms with E-state index >= 15 is 0 Å². The molecule has 1 aliphatic carbocycles. The van der Waals surface area contributed by atoms with Gasteiger partial charge in [-0.1, -0.05) is 17.7 Å². The largest absolute Gasteiger partial charge is 0.490 e.